The van der Waals surface area contributed by atoms with Crippen LogP contribution in [0.25, 0.3) is 0 Å². The van der Waals surface area contributed by atoms with E-state index in [1.165, 1.54) is 25.0 Å². The standard InChI is InChI=1S/C16H32N2O/c1-6-7-15(12-17-16(2,3)4)18-10-8-14(9-11-18)13-19-5/h8,15,17H,6-7,9-13H2,1-5H3. The summed E-state index contributed by atoms with van der Waals surface area (Å²) in [7, 11) is 1.78. The molecule has 0 aromatic carbocycles. The number of hydrogen-bond acceptors (Lipinski definition) is 3. The molecule has 112 valence electrons. The van der Waals surface area contributed by atoms with Crippen LogP contribution in [-0.2, 0) is 4.74 Å². The first-order valence-electron chi connectivity index (χ1n) is 7.62. The summed E-state index contributed by atoms with van der Waals surface area (Å²) in [5, 5.41) is 3.65. The molecule has 0 aromatic rings. The second-order valence-electron chi connectivity index (χ2n) is 6.61. The lowest BCUT2D eigenvalue weighted by Gasteiger charge is -2.36. The van der Waals surface area contributed by atoms with Crippen LogP contribution in [0.5, 0.6) is 0 Å². The van der Waals surface area contributed by atoms with Crippen LogP contribution >= 0.6 is 0 Å². The molecule has 3 heteroatoms. The van der Waals surface area contributed by atoms with Crippen molar-refractivity contribution in [3.05, 3.63) is 11.6 Å². The fourth-order valence-electron chi connectivity index (χ4n) is 2.55. The molecule has 0 radical (unpaired) electrons. The number of ether oxygens (including phenoxy) is 1. The van der Waals surface area contributed by atoms with Crippen LogP contribution in [0, 0.1) is 0 Å². The zero-order valence-electron chi connectivity index (χ0n) is 13.5. The number of hydrogen-bond donors (Lipinski definition) is 1. The van der Waals surface area contributed by atoms with Crippen molar-refractivity contribution in [3.63, 3.8) is 0 Å². The highest BCUT2D eigenvalue weighted by atomic mass is 16.5. The van der Waals surface area contributed by atoms with Gasteiger partial charge in [-0.25, -0.2) is 0 Å². The van der Waals surface area contributed by atoms with Crippen molar-refractivity contribution in [1.82, 2.24) is 10.2 Å². The molecule has 0 saturated heterocycles. The van der Waals surface area contributed by atoms with E-state index in [9.17, 15) is 0 Å². The zero-order chi connectivity index (χ0) is 14.3. The van der Waals surface area contributed by atoms with Gasteiger partial charge in [0.05, 0.1) is 6.61 Å². The largest absolute Gasteiger partial charge is 0.380 e. The van der Waals surface area contributed by atoms with Crippen LogP contribution < -0.4 is 5.32 Å². The molecule has 1 aliphatic rings. The molecule has 3 nitrogen and oxygen atoms in total. The molecular weight excluding hydrogens is 236 g/mol. The van der Waals surface area contributed by atoms with Gasteiger partial charge < -0.3 is 10.1 Å². The van der Waals surface area contributed by atoms with Crippen LogP contribution in [0.1, 0.15) is 47.0 Å². The molecule has 1 N–H and O–H groups in total. The molecule has 0 saturated carbocycles. The second-order valence-corrected chi connectivity index (χ2v) is 6.61. The lowest BCUT2D eigenvalue weighted by molar-refractivity contribution is 0.172. The van der Waals surface area contributed by atoms with Crippen LogP contribution in [0.2, 0.25) is 0 Å². The van der Waals surface area contributed by atoms with E-state index >= 15 is 0 Å². The maximum atomic E-state index is 5.22. The molecule has 19 heavy (non-hydrogen) atoms. The molecule has 0 aliphatic carbocycles. The van der Waals surface area contributed by atoms with Crippen molar-refractivity contribution in [2.24, 2.45) is 0 Å². The summed E-state index contributed by atoms with van der Waals surface area (Å²) in [5.74, 6) is 0. The van der Waals surface area contributed by atoms with E-state index in [0.29, 0.717) is 6.04 Å². The van der Waals surface area contributed by atoms with Gasteiger partial charge in [-0.05, 0) is 39.2 Å². The van der Waals surface area contributed by atoms with Gasteiger partial charge >= 0.3 is 0 Å². The number of rotatable bonds is 7. The van der Waals surface area contributed by atoms with E-state index in [1.54, 1.807) is 7.11 Å². The first kappa shape index (κ1) is 16.7. The molecule has 0 bridgehead atoms. The Hall–Kier alpha value is -0.380. The maximum absolute atomic E-state index is 5.22. The molecule has 1 heterocycles. The fourth-order valence-corrected chi connectivity index (χ4v) is 2.55. The highest BCUT2D eigenvalue weighted by Gasteiger charge is 2.21. The van der Waals surface area contributed by atoms with E-state index in [1.807, 2.05) is 0 Å². The zero-order valence-corrected chi connectivity index (χ0v) is 13.5. The lowest BCUT2D eigenvalue weighted by atomic mass is 10.0. The Morgan fingerprint density at radius 2 is 2.16 bits per heavy atom. The Labute approximate surface area is 119 Å². The van der Waals surface area contributed by atoms with Gasteiger partial charge in [-0.3, -0.25) is 4.90 Å². The molecule has 0 fully saturated rings. The Morgan fingerprint density at radius 3 is 2.63 bits per heavy atom. The van der Waals surface area contributed by atoms with Gasteiger partial charge in [-0.15, -0.1) is 0 Å². The SMILES string of the molecule is CCCC(CNC(C)(C)C)N1CC=C(COC)CC1. The summed E-state index contributed by atoms with van der Waals surface area (Å²) in [6.45, 7) is 13.1. The minimum absolute atomic E-state index is 0.207. The summed E-state index contributed by atoms with van der Waals surface area (Å²) in [5.41, 5.74) is 1.66. The van der Waals surface area contributed by atoms with Crippen molar-refractivity contribution in [3.8, 4) is 0 Å². The quantitative estimate of drug-likeness (QED) is 0.719. The monoisotopic (exact) mass is 268 g/mol. The van der Waals surface area contributed by atoms with Crippen LogP contribution in [-0.4, -0.2) is 49.8 Å². The fraction of sp³-hybridized carbons (Fsp3) is 0.875. The average Bonchev–Trinajstić information content (AvgIpc) is 2.35. The summed E-state index contributed by atoms with van der Waals surface area (Å²) >= 11 is 0. The van der Waals surface area contributed by atoms with E-state index in [4.69, 9.17) is 4.74 Å². The predicted octanol–water partition coefficient (Wildman–Crippen LogP) is 2.82. The van der Waals surface area contributed by atoms with Gasteiger partial charge in [-0.2, -0.15) is 0 Å². The van der Waals surface area contributed by atoms with E-state index < -0.39 is 0 Å². The van der Waals surface area contributed by atoms with Crippen molar-refractivity contribution in [2.45, 2.75) is 58.5 Å². The van der Waals surface area contributed by atoms with Gasteiger partial charge in [0.15, 0.2) is 0 Å². The Morgan fingerprint density at radius 1 is 1.42 bits per heavy atom. The molecule has 0 spiro atoms. The Kier molecular flexibility index (Phi) is 7.05. The topological polar surface area (TPSA) is 24.5 Å². The van der Waals surface area contributed by atoms with E-state index in [-0.39, 0.29) is 5.54 Å². The van der Waals surface area contributed by atoms with Gasteiger partial charge in [0.1, 0.15) is 0 Å². The highest BCUT2D eigenvalue weighted by molar-refractivity contribution is 5.08. The number of nitrogens with zero attached hydrogens (tertiary/aromatic N) is 1. The lowest BCUT2D eigenvalue weighted by Crippen LogP contribution is -2.48. The third kappa shape index (κ3) is 6.55. The average molecular weight is 268 g/mol. The van der Waals surface area contributed by atoms with Crippen LogP contribution in [0.4, 0.5) is 0 Å². The van der Waals surface area contributed by atoms with E-state index in [0.717, 1.165) is 26.1 Å². The van der Waals surface area contributed by atoms with Crippen LogP contribution in [0.3, 0.4) is 0 Å². The minimum Gasteiger partial charge on any atom is -0.380 e. The maximum Gasteiger partial charge on any atom is 0.0673 e. The third-order valence-corrected chi connectivity index (χ3v) is 3.67. The molecule has 1 unspecified atom stereocenters. The summed E-state index contributed by atoms with van der Waals surface area (Å²) in [6.07, 6.45) is 6.04. The van der Waals surface area contributed by atoms with Gasteiger partial charge in [0, 0.05) is 38.3 Å². The first-order valence-corrected chi connectivity index (χ1v) is 7.62. The van der Waals surface area contributed by atoms with Crippen molar-refractivity contribution in [2.75, 3.05) is 33.4 Å². The predicted molar refractivity (Wildman–Crippen MR) is 82.6 cm³/mol. The Balaban J connectivity index is 2.48. The molecular formula is C16H32N2O. The number of nitrogens with one attached hydrogen (secondary N) is 1. The second kappa shape index (κ2) is 8.03. The summed E-state index contributed by atoms with van der Waals surface area (Å²) in [4.78, 5) is 2.61. The van der Waals surface area contributed by atoms with Gasteiger partial charge in [-0.1, -0.05) is 19.4 Å². The normalized spacial score (nSPS) is 19.3. The van der Waals surface area contributed by atoms with Gasteiger partial charge in [0.2, 0.25) is 0 Å². The smallest absolute Gasteiger partial charge is 0.0673 e. The van der Waals surface area contributed by atoms with Crippen molar-refractivity contribution < 1.29 is 4.74 Å². The summed E-state index contributed by atoms with van der Waals surface area (Å²) in [6, 6.07) is 0.657. The molecule has 1 aliphatic heterocycles. The third-order valence-electron chi connectivity index (χ3n) is 3.67. The van der Waals surface area contributed by atoms with Gasteiger partial charge in [0.25, 0.3) is 0 Å². The van der Waals surface area contributed by atoms with Crippen molar-refractivity contribution >= 4 is 0 Å². The minimum atomic E-state index is 0.207. The number of methoxy groups -OCH3 is 1. The molecule has 1 rings (SSSR count). The van der Waals surface area contributed by atoms with Crippen molar-refractivity contribution in [1.29, 1.82) is 0 Å². The molecule has 1 atom stereocenters. The molecule has 0 amide bonds. The molecule has 0 aromatic heterocycles. The first-order chi connectivity index (χ1) is 8.96. The van der Waals surface area contributed by atoms with E-state index in [2.05, 4.69) is 44.0 Å². The summed E-state index contributed by atoms with van der Waals surface area (Å²) < 4.78 is 5.22. The highest BCUT2D eigenvalue weighted by Crippen LogP contribution is 2.16. The van der Waals surface area contributed by atoms with Crippen LogP contribution in [0.15, 0.2) is 11.6 Å². The Bertz CT molecular complexity index is 281.